The average Bonchev–Trinajstić information content (AvgIpc) is 2.40. The van der Waals surface area contributed by atoms with Crippen LogP contribution in [-0.2, 0) is 12.0 Å². The van der Waals surface area contributed by atoms with Crippen LogP contribution in [0.25, 0.3) is 0 Å². The molecule has 0 radical (unpaired) electrons. The van der Waals surface area contributed by atoms with Gasteiger partial charge in [-0.15, -0.1) is 6.58 Å². The van der Waals surface area contributed by atoms with Crippen LogP contribution in [0.4, 0.5) is 4.79 Å². The van der Waals surface area contributed by atoms with Gasteiger partial charge >= 0.3 is 6.09 Å². The molecule has 19 heavy (non-hydrogen) atoms. The number of nitrogens with one attached hydrogen (secondary N) is 1. The minimum Gasteiger partial charge on any atom is -0.465 e. The summed E-state index contributed by atoms with van der Waals surface area (Å²) >= 11 is 0. The largest absolute Gasteiger partial charge is 0.465 e. The summed E-state index contributed by atoms with van der Waals surface area (Å²) in [5.74, 6) is 0. The molecule has 1 aliphatic carbocycles. The van der Waals surface area contributed by atoms with Crippen LogP contribution in [-0.4, -0.2) is 11.2 Å². The monoisotopic (exact) mass is 259 g/mol. The van der Waals surface area contributed by atoms with Crippen molar-refractivity contribution >= 4 is 6.09 Å². The number of allylic oxidation sites excluding steroid dienone is 1. The molecule has 1 aliphatic rings. The van der Waals surface area contributed by atoms with Gasteiger partial charge in [-0.3, -0.25) is 0 Å². The third-order valence-corrected chi connectivity index (χ3v) is 3.95. The van der Waals surface area contributed by atoms with Crippen LogP contribution < -0.4 is 5.32 Å². The van der Waals surface area contributed by atoms with Gasteiger partial charge in [0.05, 0.1) is 5.54 Å². The average molecular weight is 259 g/mol. The summed E-state index contributed by atoms with van der Waals surface area (Å²) in [5.41, 5.74) is 1.88. The van der Waals surface area contributed by atoms with Crippen LogP contribution in [0.3, 0.4) is 0 Å². The van der Waals surface area contributed by atoms with Crippen molar-refractivity contribution in [2.75, 3.05) is 0 Å². The molecule has 2 N–H and O–H groups in total. The Balaban J connectivity index is 2.42. The summed E-state index contributed by atoms with van der Waals surface area (Å²) in [4.78, 5) is 11.2. The Morgan fingerprint density at radius 3 is 2.63 bits per heavy atom. The molecular formula is C16H21NO2. The van der Waals surface area contributed by atoms with Crippen molar-refractivity contribution in [1.82, 2.24) is 5.32 Å². The van der Waals surface area contributed by atoms with Gasteiger partial charge in [0.15, 0.2) is 0 Å². The third-order valence-electron chi connectivity index (χ3n) is 3.95. The minimum absolute atomic E-state index is 0.413. The Labute approximate surface area is 114 Å². The fraction of sp³-hybridized carbons (Fsp3) is 0.438. The lowest BCUT2D eigenvalue weighted by Crippen LogP contribution is -2.47. The van der Waals surface area contributed by atoms with Crippen LogP contribution in [0.2, 0.25) is 0 Å². The van der Waals surface area contributed by atoms with Crippen molar-refractivity contribution < 1.29 is 9.90 Å². The van der Waals surface area contributed by atoms with E-state index in [0.717, 1.165) is 37.7 Å². The van der Waals surface area contributed by atoms with Crippen molar-refractivity contribution in [3.05, 3.63) is 48.0 Å². The molecule has 0 spiro atoms. The molecule has 1 amide bonds. The maximum absolute atomic E-state index is 11.2. The quantitative estimate of drug-likeness (QED) is 0.807. The van der Waals surface area contributed by atoms with Crippen molar-refractivity contribution in [3.8, 4) is 0 Å². The molecule has 3 nitrogen and oxygen atoms in total. The van der Waals surface area contributed by atoms with Gasteiger partial charge in [0, 0.05) is 0 Å². The zero-order chi connectivity index (χ0) is 13.7. The van der Waals surface area contributed by atoms with Gasteiger partial charge in [-0.25, -0.2) is 4.79 Å². The van der Waals surface area contributed by atoms with E-state index in [4.69, 9.17) is 0 Å². The second kappa shape index (κ2) is 5.91. The molecule has 0 atom stereocenters. The highest BCUT2D eigenvalue weighted by Gasteiger charge is 2.36. The molecule has 0 unspecified atom stereocenters. The van der Waals surface area contributed by atoms with Gasteiger partial charge in [0.1, 0.15) is 0 Å². The molecule has 2 rings (SSSR count). The molecule has 1 saturated carbocycles. The lowest BCUT2D eigenvalue weighted by atomic mass is 9.74. The molecule has 1 aromatic carbocycles. The van der Waals surface area contributed by atoms with E-state index in [1.807, 2.05) is 18.2 Å². The number of hydrogen-bond acceptors (Lipinski definition) is 1. The first kappa shape index (κ1) is 13.7. The van der Waals surface area contributed by atoms with Gasteiger partial charge in [-0.05, 0) is 30.4 Å². The number of benzene rings is 1. The maximum Gasteiger partial charge on any atom is 0.405 e. The summed E-state index contributed by atoms with van der Waals surface area (Å²) in [5, 5.41) is 12.0. The lowest BCUT2D eigenvalue weighted by molar-refractivity contribution is 0.162. The number of rotatable bonds is 4. The van der Waals surface area contributed by atoms with E-state index in [-0.39, 0.29) is 0 Å². The van der Waals surface area contributed by atoms with Gasteiger partial charge in [0.2, 0.25) is 0 Å². The molecule has 0 aromatic heterocycles. The molecule has 1 fully saturated rings. The van der Waals surface area contributed by atoms with Gasteiger partial charge in [-0.2, -0.15) is 0 Å². The molecule has 1 aromatic rings. The Morgan fingerprint density at radius 1 is 1.32 bits per heavy atom. The molecular weight excluding hydrogens is 238 g/mol. The van der Waals surface area contributed by atoms with Gasteiger partial charge < -0.3 is 10.4 Å². The zero-order valence-electron chi connectivity index (χ0n) is 11.2. The second-order valence-corrected chi connectivity index (χ2v) is 5.22. The smallest absolute Gasteiger partial charge is 0.405 e. The van der Waals surface area contributed by atoms with Crippen LogP contribution in [0.15, 0.2) is 36.9 Å². The van der Waals surface area contributed by atoms with Gasteiger partial charge in [-0.1, -0.05) is 49.6 Å². The van der Waals surface area contributed by atoms with Crippen LogP contribution >= 0.6 is 0 Å². The molecule has 0 bridgehead atoms. The molecule has 0 aliphatic heterocycles. The summed E-state index contributed by atoms with van der Waals surface area (Å²) < 4.78 is 0. The summed E-state index contributed by atoms with van der Waals surface area (Å²) in [6.07, 6.45) is 6.81. The molecule has 0 saturated heterocycles. The van der Waals surface area contributed by atoms with Gasteiger partial charge in [0.25, 0.3) is 0 Å². The summed E-state index contributed by atoms with van der Waals surface area (Å²) in [6, 6.07) is 8.11. The number of carbonyl (C=O) groups is 1. The fourth-order valence-corrected chi connectivity index (χ4v) is 3.14. The topological polar surface area (TPSA) is 49.3 Å². The molecule has 102 valence electrons. The van der Waals surface area contributed by atoms with E-state index in [1.165, 1.54) is 12.0 Å². The van der Waals surface area contributed by atoms with Crippen molar-refractivity contribution in [1.29, 1.82) is 0 Å². The van der Waals surface area contributed by atoms with Crippen LogP contribution in [0.1, 0.15) is 43.2 Å². The van der Waals surface area contributed by atoms with E-state index < -0.39 is 11.6 Å². The standard InChI is InChI=1S/C16H21NO2/c1-2-8-13-9-4-5-10-14(13)16(17-15(18)19)11-6-3-7-12-16/h2,4-5,9-10,17H,1,3,6-8,11-12H2,(H,18,19). The Hall–Kier alpha value is -1.77. The second-order valence-electron chi connectivity index (χ2n) is 5.22. The van der Waals surface area contributed by atoms with Crippen molar-refractivity contribution in [2.45, 2.75) is 44.1 Å². The Morgan fingerprint density at radius 2 is 2.00 bits per heavy atom. The summed E-state index contributed by atoms with van der Waals surface area (Å²) in [6.45, 7) is 3.79. The normalized spacial score (nSPS) is 17.7. The minimum atomic E-state index is -0.935. The van der Waals surface area contributed by atoms with Crippen molar-refractivity contribution in [3.63, 3.8) is 0 Å². The first-order valence-corrected chi connectivity index (χ1v) is 6.88. The Kier molecular flexibility index (Phi) is 4.25. The first-order valence-electron chi connectivity index (χ1n) is 6.88. The predicted octanol–water partition coefficient (Wildman–Crippen LogP) is 3.84. The van der Waals surface area contributed by atoms with E-state index in [1.54, 1.807) is 0 Å². The van der Waals surface area contributed by atoms with E-state index in [9.17, 15) is 9.90 Å². The molecule has 0 heterocycles. The number of amides is 1. The van der Waals surface area contributed by atoms with E-state index >= 15 is 0 Å². The highest BCUT2D eigenvalue weighted by molar-refractivity contribution is 5.66. The van der Waals surface area contributed by atoms with Crippen LogP contribution in [0, 0.1) is 0 Å². The number of hydrogen-bond donors (Lipinski definition) is 2. The predicted molar refractivity (Wildman–Crippen MR) is 76.3 cm³/mol. The van der Waals surface area contributed by atoms with E-state index in [2.05, 4.69) is 24.0 Å². The van der Waals surface area contributed by atoms with Crippen molar-refractivity contribution in [2.24, 2.45) is 0 Å². The Bertz CT molecular complexity index is 462. The lowest BCUT2D eigenvalue weighted by Gasteiger charge is -2.39. The third kappa shape index (κ3) is 2.98. The van der Waals surface area contributed by atoms with Crippen LogP contribution in [0.5, 0.6) is 0 Å². The fourth-order valence-electron chi connectivity index (χ4n) is 3.14. The zero-order valence-corrected chi connectivity index (χ0v) is 11.2. The molecule has 3 heteroatoms. The highest BCUT2D eigenvalue weighted by atomic mass is 16.4. The van der Waals surface area contributed by atoms with E-state index in [0.29, 0.717) is 0 Å². The number of carboxylic acid groups (broad SMARTS) is 1. The highest BCUT2D eigenvalue weighted by Crippen LogP contribution is 2.38. The first-order chi connectivity index (χ1) is 9.18. The summed E-state index contributed by atoms with van der Waals surface area (Å²) in [7, 11) is 0. The SMILES string of the molecule is C=CCc1ccccc1C1(NC(=O)O)CCCCC1. The maximum atomic E-state index is 11.2.